The fraction of sp³-hybridized carbons (Fsp3) is 0.400. The maximum atomic E-state index is 13.3. The van der Waals surface area contributed by atoms with Gasteiger partial charge in [-0.25, -0.2) is 9.53 Å². The molecule has 17 heavy (non-hydrogen) atoms. The summed E-state index contributed by atoms with van der Waals surface area (Å²) in [6.07, 6.45) is 0.0573. The first kappa shape index (κ1) is 13.9. The van der Waals surface area contributed by atoms with E-state index in [1.807, 2.05) is 0 Å². The molecule has 0 radical (unpaired) electrons. The Morgan fingerprint density at radius 1 is 1.47 bits per heavy atom. The molecule has 0 bridgehead atoms. The molecule has 0 aliphatic heterocycles. The molecule has 0 amide bonds. The van der Waals surface area contributed by atoms with Crippen LogP contribution in [0.1, 0.15) is 13.3 Å². The van der Waals surface area contributed by atoms with E-state index in [4.69, 9.17) is 9.88 Å². The Hall–Kier alpha value is -1.18. The van der Waals surface area contributed by atoms with Crippen LogP contribution in [0.2, 0.25) is 0 Å². The summed E-state index contributed by atoms with van der Waals surface area (Å²) in [4.78, 5) is 0. The van der Waals surface area contributed by atoms with Gasteiger partial charge in [-0.05, 0) is 18.6 Å². The molecule has 0 heterocycles. The molecule has 0 saturated heterocycles. The summed E-state index contributed by atoms with van der Waals surface area (Å²) < 4.78 is 42.1. The molecule has 1 aromatic carbocycles. The summed E-state index contributed by atoms with van der Waals surface area (Å²) in [5.74, 6) is -0.392. The van der Waals surface area contributed by atoms with Crippen molar-refractivity contribution in [2.75, 3.05) is 6.54 Å². The predicted molar refractivity (Wildman–Crippen MR) is 62.2 cm³/mol. The van der Waals surface area contributed by atoms with E-state index in [0.29, 0.717) is 6.42 Å². The molecule has 0 saturated carbocycles. The molecule has 0 unspecified atom stereocenters. The highest BCUT2D eigenvalue weighted by Gasteiger charge is 2.13. The largest absolute Gasteiger partial charge is 0.486 e. The van der Waals surface area contributed by atoms with E-state index >= 15 is 0 Å². The van der Waals surface area contributed by atoms with Crippen LogP contribution < -0.4 is 14.6 Å². The van der Waals surface area contributed by atoms with Crippen LogP contribution in [-0.2, 0) is 10.2 Å². The normalized spacial score (nSPS) is 13.4. The van der Waals surface area contributed by atoms with Gasteiger partial charge in [0.15, 0.2) is 11.6 Å². The molecule has 0 aromatic heterocycles. The molecule has 1 atom stereocenters. The van der Waals surface area contributed by atoms with Gasteiger partial charge in [-0.3, -0.25) is 0 Å². The summed E-state index contributed by atoms with van der Waals surface area (Å²) in [6, 6.07) is 5.94. The molecule has 1 rings (SSSR count). The highest BCUT2D eigenvalue weighted by molar-refractivity contribution is 7.87. The van der Waals surface area contributed by atoms with E-state index in [9.17, 15) is 12.8 Å². The Bertz CT molecular complexity index is 464. The van der Waals surface area contributed by atoms with Crippen LogP contribution in [-0.4, -0.2) is 21.1 Å². The third-order valence-corrected chi connectivity index (χ3v) is 2.67. The Morgan fingerprint density at radius 3 is 2.65 bits per heavy atom. The van der Waals surface area contributed by atoms with Gasteiger partial charge in [0.1, 0.15) is 6.10 Å². The van der Waals surface area contributed by atoms with Gasteiger partial charge >= 0.3 is 0 Å². The number of para-hydroxylation sites is 1. The van der Waals surface area contributed by atoms with E-state index in [2.05, 4.69) is 4.72 Å². The zero-order valence-electron chi connectivity index (χ0n) is 9.39. The first-order valence-corrected chi connectivity index (χ1v) is 6.65. The van der Waals surface area contributed by atoms with Gasteiger partial charge in [0, 0.05) is 6.54 Å². The third-order valence-electron chi connectivity index (χ3n) is 2.10. The van der Waals surface area contributed by atoms with Crippen LogP contribution in [0.5, 0.6) is 5.75 Å². The number of hydrogen-bond acceptors (Lipinski definition) is 3. The number of ether oxygens (including phenoxy) is 1. The average Bonchev–Trinajstić information content (AvgIpc) is 2.25. The summed E-state index contributed by atoms with van der Waals surface area (Å²) in [6.45, 7) is 1.81. The summed E-state index contributed by atoms with van der Waals surface area (Å²) in [5, 5.41) is 4.79. The van der Waals surface area contributed by atoms with Gasteiger partial charge in [-0.2, -0.15) is 13.1 Å². The topological polar surface area (TPSA) is 81.4 Å². The zero-order valence-corrected chi connectivity index (χ0v) is 10.2. The lowest BCUT2D eigenvalue weighted by molar-refractivity contribution is 0.192. The number of benzene rings is 1. The van der Waals surface area contributed by atoms with E-state index in [-0.39, 0.29) is 12.3 Å². The van der Waals surface area contributed by atoms with E-state index in [1.54, 1.807) is 19.1 Å². The minimum absolute atomic E-state index is 0.00364. The van der Waals surface area contributed by atoms with Crippen molar-refractivity contribution in [1.29, 1.82) is 0 Å². The van der Waals surface area contributed by atoms with Crippen molar-refractivity contribution >= 4 is 10.2 Å². The van der Waals surface area contributed by atoms with Crippen molar-refractivity contribution in [3.05, 3.63) is 30.1 Å². The van der Waals surface area contributed by atoms with Gasteiger partial charge in [-0.15, -0.1) is 0 Å². The van der Waals surface area contributed by atoms with Gasteiger partial charge in [0.25, 0.3) is 10.2 Å². The maximum absolute atomic E-state index is 13.3. The summed E-state index contributed by atoms with van der Waals surface area (Å²) in [7, 11) is -3.76. The molecule has 1 aromatic rings. The molecular weight excluding hydrogens is 247 g/mol. The molecular formula is C10H15FN2O3S. The number of nitrogens with two attached hydrogens (primary N) is 1. The summed E-state index contributed by atoms with van der Waals surface area (Å²) in [5.41, 5.74) is 0. The molecule has 0 spiro atoms. The molecule has 0 aliphatic rings. The molecule has 3 N–H and O–H groups in total. The molecule has 5 nitrogen and oxygen atoms in total. The molecule has 0 aliphatic carbocycles. The monoisotopic (exact) mass is 262 g/mol. The number of rotatable bonds is 6. The van der Waals surface area contributed by atoms with E-state index in [0.717, 1.165) is 0 Å². The highest BCUT2D eigenvalue weighted by Crippen LogP contribution is 2.17. The molecule has 96 valence electrons. The minimum Gasteiger partial charge on any atom is -0.486 e. The van der Waals surface area contributed by atoms with Crippen molar-refractivity contribution in [1.82, 2.24) is 4.72 Å². The highest BCUT2D eigenvalue weighted by atomic mass is 32.2. The average molecular weight is 262 g/mol. The van der Waals surface area contributed by atoms with Crippen LogP contribution >= 0.6 is 0 Å². The lowest BCUT2D eigenvalue weighted by Crippen LogP contribution is -2.38. The van der Waals surface area contributed by atoms with E-state index in [1.165, 1.54) is 12.1 Å². The molecule has 7 heteroatoms. The summed E-state index contributed by atoms with van der Waals surface area (Å²) >= 11 is 0. The van der Waals surface area contributed by atoms with Crippen LogP contribution in [0, 0.1) is 5.82 Å². The third kappa shape index (κ3) is 5.12. The Balaban J connectivity index is 2.61. The van der Waals surface area contributed by atoms with Crippen molar-refractivity contribution in [2.24, 2.45) is 5.14 Å². The minimum atomic E-state index is -3.76. The smallest absolute Gasteiger partial charge is 0.274 e. The van der Waals surface area contributed by atoms with Crippen LogP contribution in [0.15, 0.2) is 24.3 Å². The molecule has 0 fully saturated rings. The Morgan fingerprint density at radius 2 is 2.12 bits per heavy atom. The number of halogens is 1. The second-order valence-corrected chi connectivity index (χ2v) is 4.85. The van der Waals surface area contributed by atoms with Gasteiger partial charge in [-0.1, -0.05) is 19.1 Å². The lowest BCUT2D eigenvalue weighted by atomic mass is 10.2. The zero-order chi connectivity index (χ0) is 12.9. The van der Waals surface area contributed by atoms with Crippen LogP contribution in [0.4, 0.5) is 4.39 Å². The predicted octanol–water partition coefficient (Wildman–Crippen LogP) is 0.776. The lowest BCUT2D eigenvalue weighted by Gasteiger charge is -2.17. The fourth-order valence-corrected chi connectivity index (χ4v) is 1.62. The van der Waals surface area contributed by atoms with Gasteiger partial charge < -0.3 is 4.74 Å². The number of hydrogen-bond donors (Lipinski definition) is 2. The van der Waals surface area contributed by atoms with Crippen LogP contribution in [0.25, 0.3) is 0 Å². The first-order chi connectivity index (χ1) is 7.92. The SMILES string of the molecule is CC[C@H](CNS(N)(=O)=O)Oc1ccccc1F. The van der Waals surface area contributed by atoms with Gasteiger partial charge in [0.2, 0.25) is 0 Å². The van der Waals surface area contributed by atoms with Crippen molar-refractivity contribution in [3.63, 3.8) is 0 Å². The second kappa shape index (κ2) is 5.95. The first-order valence-electron chi connectivity index (χ1n) is 5.11. The number of nitrogens with one attached hydrogen (secondary N) is 1. The fourth-order valence-electron chi connectivity index (χ4n) is 1.20. The van der Waals surface area contributed by atoms with Gasteiger partial charge in [0.05, 0.1) is 0 Å². The standard InChI is InChI=1S/C10H15FN2O3S/c1-2-8(7-13-17(12,14)15)16-10-6-4-3-5-9(10)11/h3-6,8,13H,2,7H2,1H3,(H2,12,14,15)/t8-/m1/s1. The van der Waals surface area contributed by atoms with E-state index < -0.39 is 22.1 Å². The van der Waals surface area contributed by atoms with Crippen molar-refractivity contribution in [3.8, 4) is 5.75 Å². The second-order valence-electron chi connectivity index (χ2n) is 3.47. The Kier molecular flexibility index (Phi) is 4.86. The van der Waals surface area contributed by atoms with Crippen LogP contribution in [0.3, 0.4) is 0 Å². The van der Waals surface area contributed by atoms with Crippen molar-refractivity contribution < 1.29 is 17.5 Å². The van der Waals surface area contributed by atoms with Crippen molar-refractivity contribution in [2.45, 2.75) is 19.4 Å². The quantitative estimate of drug-likeness (QED) is 0.794. The Labute approximate surface area is 100.0 Å². The maximum Gasteiger partial charge on any atom is 0.274 e.